The Morgan fingerprint density at radius 1 is 1.30 bits per heavy atom. The Labute approximate surface area is 142 Å². The number of pyridine rings is 1. The second-order valence-electron chi connectivity index (χ2n) is 6.16. The van der Waals surface area contributed by atoms with Crippen molar-refractivity contribution in [3.05, 3.63) is 35.5 Å². The third-order valence-corrected chi connectivity index (χ3v) is 4.56. The van der Waals surface area contributed by atoms with Gasteiger partial charge in [0.15, 0.2) is 0 Å². The number of nitrogens with one attached hydrogen (secondary N) is 1. The number of morpholine rings is 1. The Balaban J connectivity index is 1.54. The van der Waals surface area contributed by atoms with Gasteiger partial charge in [0.25, 0.3) is 0 Å². The molecule has 1 aliphatic heterocycles. The zero-order chi connectivity index (χ0) is 16.1. The highest BCUT2D eigenvalue weighted by Crippen LogP contribution is 2.25. The summed E-state index contributed by atoms with van der Waals surface area (Å²) in [5.74, 6) is 0. The summed E-state index contributed by atoms with van der Waals surface area (Å²) in [5.41, 5.74) is 2.06. The van der Waals surface area contributed by atoms with Gasteiger partial charge < -0.3 is 10.1 Å². The summed E-state index contributed by atoms with van der Waals surface area (Å²) in [5, 5.41) is 5.46. The third kappa shape index (κ3) is 4.56. The second kappa shape index (κ2) is 7.95. The number of rotatable bonds is 6. The molecule has 1 N–H and O–H groups in total. The molecule has 2 heterocycles. The van der Waals surface area contributed by atoms with Crippen LogP contribution in [0.3, 0.4) is 0 Å². The number of ether oxygens (including phenoxy) is 1. The van der Waals surface area contributed by atoms with Gasteiger partial charge in [0.2, 0.25) is 0 Å². The molecule has 23 heavy (non-hydrogen) atoms. The van der Waals surface area contributed by atoms with E-state index in [0.717, 1.165) is 60.9 Å². The van der Waals surface area contributed by atoms with Crippen molar-refractivity contribution in [3.63, 3.8) is 0 Å². The Morgan fingerprint density at radius 2 is 2.13 bits per heavy atom. The molecule has 4 nitrogen and oxygen atoms in total. The van der Waals surface area contributed by atoms with Crippen LogP contribution in [-0.2, 0) is 4.74 Å². The maximum absolute atomic E-state index is 6.05. The van der Waals surface area contributed by atoms with Gasteiger partial charge in [-0.3, -0.25) is 9.88 Å². The van der Waals surface area contributed by atoms with E-state index in [4.69, 9.17) is 16.3 Å². The Hall–Kier alpha value is -1.36. The molecular weight excluding hydrogens is 310 g/mol. The van der Waals surface area contributed by atoms with E-state index in [9.17, 15) is 0 Å². The number of benzene rings is 1. The predicted molar refractivity (Wildman–Crippen MR) is 96.3 cm³/mol. The number of fused-ring (bicyclic) bond motifs is 1. The molecule has 0 amide bonds. The molecule has 0 aliphatic carbocycles. The molecule has 1 saturated heterocycles. The molecule has 1 atom stereocenters. The molecule has 1 aliphatic rings. The van der Waals surface area contributed by atoms with Gasteiger partial charge in [-0.05, 0) is 50.6 Å². The fraction of sp³-hybridized carbons (Fsp3) is 0.500. The summed E-state index contributed by atoms with van der Waals surface area (Å²) in [6, 6.07) is 8.32. The van der Waals surface area contributed by atoms with Crippen molar-refractivity contribution in [2.75, 3.05) is 38.2 Å². The van der Waals surface area contributed by atoms with Gasteiger partial charge in [-0.1, -0.05) is 11.6 Å². The van der Waals surface area contributed by atoms with Crippen LogP contribution in [0, 0.1) is 0 Å². The van der Waals surface area contributed by atoms with Crippen molar-refractivity contribution in [3.8, 4) is 0 Å². The number of nitrogens with zero attached hydrogens (tertiary/aromatic N) is 2. The van der Waals surface area contributed by atoms with E-state index in [0.29, 0.717) is 6.04 Å². The van der Waals surface area contributed by atoms with Crippen LogP contribution in [0.1, 0.15) is 19.8 Å². The van der Waals surface area contributed by atoms with Crippen molar-refractivity contribution < 1.29 is 4.74 Å². The van der Waals surface area contributed by atoms with Gasteiger partial charge >= 0.3 is 0 Å². The minimum Gasteiger partial charge on any atom is -0.382 e. The Bertz CT molecular complexity index is 643. The van der Waals surface area contributed by atoms with Crippen molar-refractivity contribution in [2.24, 2.45) is 0 Å². The molecule has 1 fully saturated rings. The molecule has 0 unspecified atom stereocenters. The standard InChI is InChI=1S/C18H24ClN3O/c1-14(3-2-8-22-9-11-23-12-10-22)21-17-6-7-20-18-13-15(19)4-5-16(17)18/h4-7,13-14H,2-3,8-12H2,1H3,(H,20,21)/t14-/m1/s1. The molecule has 0 spiro atoms. The summed E-state index contributed by atoms with van der Waals surface area (Å²) in [7, 11) is 0. The number of halogens is 1. The van der Waals surface area contributed by atoms with E-state index >= 15 is 0 Å². The van der Waals surface area contributed by atoms with Crippen molar-refractivity contribution in [2.45, 2.75) is 25.8 Å². The molecule has 1 aromatic heterocycles. The molecule has 0 saturated carbocycles. The van der Waals surface area contributed by atoms with E-state index in [1.54, 1.807) is 0 Å². The van der Waals surface area contributed by atoms with Crippen LogP contribution in [-0.4, -0.2) is 48.8 Å². The van der Waals surface area contributed by atoms with Crippen LogP contribution in [0.5, 0.6) is 0 Å². The normalized spacial score (nSPS) is 17.3. The lowest BCUT2D eigenvalue weighted by atomic mass is 10.1. The minimum atomic E-state index is 0.428. The first-order chi connectivity index (χ1) is 11.2. The Kier molecular flexibility index (Phi) is 5.70. The van der Waals surface area contributed by atoms with Crippen LogP contribution >= 0.6 is 11.6 Å². The zero-order valence-electron chi connectivity index (χ0n) is 13.6. The van der Waals surface area contributed by atoms with Gasteiger partial charge in [0.1, 0.15) is 0 Å². The topological polar surface area (TPSA) is 37.4 Å². The largest absolute Gasteiger partial charge is 0.382 e. The molecule has 0 bridgehead atoms. The first kappa shape index (κ1) is 16.5. The molecular formula is C18H24ClN3O. The van der Waals surface area contributed by atoms with E-state index in [-0.39, 0.29) is 0 Å². The molecule has 124 valence electrons. The first-order valence-electron chi connectivity index (χ1n) is 8.33. The fourth-order valence-corrected chi connectivity index (χ4v) is 3.20. The number of anilines is 1. The second-order valence-corrected chi connectivity index (χ2v) is 6.60. The van der Waals surface area contributed by atoms with E-state index in [1.807, 2.05) is 30.5 Å². The van der Waals surface area contributed by atoms with E-state index in [1.165, 1.54) is 6.42 Å². The summed E-state index contributed by atoms with van der Waals surface area (Å²) in [6.07, 6.45) is 4.18. The van der Waals surface area contributed by atoms with Gasteiger partial charge in [-0.15, -0.1) is 0 Å². The number of aromatic nitrogens is 1. The van der Waals surface area contributed by atoms with Crippen LogP contribution in [0.15, 0.2) is 30.5 Å². The van der Waals surface area contributed by atoms with Gasteiger partial charge in [-0.25, -0.2) is 0 Å². The van der Waals surface area contributed by atoms with Crippen LogP contribution in [0.4, 0.5) is 5.69 Å². The van der Waals surface area contributed by atoms with Gasteiger partial charge in [0, 0.05) is 41.4 Å². The smallest absolute Gasteiger partial charge is 0.0737 e. The van der Waals surface area contributed by atoms with E-state index in [2.05, 4.69) is 22.1 Å². The van der Waals surface area contributed by atoms with Crippen LogP contribution < -0.4 is 5.32 Å². The SMILES string of the molecule is C[C@H](CCCN1CCOCC1)Nc1ccnc2cc(Cl)ccc12. The van der Waals surface area contributed by atoms with Crippen molar-refractivity contribution in [1.82, 2.24) is 9.88 Å². The third-order valence-electron chi connectivity index (χ3n) is 4.32. The quantitative estimate of drug-likeness (QED) is 0.872. The predicted octanol–water partition coefficient (Wildman–Crippen LogP) is 3.80. The average Bonchev–Trinajstić information content (AvgIpc) is 2.56. The number of hydrogen-bond acceptors (Lipinski definition) is 4. The highest BCUT2D eigenvalue weighted by molar-refractivity contribution is 6.31. The highest BCUT2D eigenvalue weighted by atomic mass is 35.5. The maximum Gasteiger partial charge on any atom is 0.0737 e. The molecule has 0 radical (unpaired) electrons. The van der Waals surface area contributed by atoms with Gasteiger partial charge in [-0.2, -0.15) is 0 Å². The lowest BCUT2D eigenvalue weighted by molar-refractivity contribution is 0.0371. The van der Waals surface area contributed by atoms with Crippen molar-refractivity contribution in [1.29, 1.82) is 0 Å². The monoisotopic (exact) mass is 333 g/mol. The van der Waals surface area contributed by atoms with Gasteiger partial charge in [0.05, 0.1) is 18.7 Å². The lowest BCUT2D eigenvalue weighted by Crippen LogP contribution is -2.37. The van der Waals surface area contributed by atoms with Crippen LogP contribution in [0.25, 0.3) is 10.9 Å². The summed E-state index contributed by atoms with van der Waals surface area (Å²) in [4.78, 5) is 6.88. The number of hydrogen-bond donors (Lipinski definition) is 1. The molecule has 5 heteroatoms. The average molecular weight is 334 g/mol. The Morgan fingerprint density at radius 3 is 2.96 bits per heavy atom. The fourth-order valence-electron chi connectivity index (χ4n) is 3.03. The molecule has 1 aromatic carbocycles. The minimum absolute atomic E-state index is 0.428. The highest BCUT2D eigenvalue weighted by Gasteiger charge is 2.11. The summed E-state index contributed by atoms with van der Waals surface area (Å²) >= 11 is 6.05. The maximum atomic E-state index is 6.05. The molecule has 3 rings (SSSR count). The van der Waals surface area contributed by atoms with Crippen LogP contribution in [0.2, 0.25) is 5.02 Å². The lowest BCUT2D eigenvalue weighted by Gasteiger charge is -2.27. The molecule has 2 aromatic rings. The zero-order valence-corrected chi connectivity index (χ0v) is 14.4. The summed E-state index contributed by atoms with van der Waals surface area (Å²) < 4.78 is 5.39. The summed E-state index contributed by atoms with van der Waals surface area (Å²) in [6.45, 7) is 7.28. The van der Waals surface area contributed by atoms with Crippen molar-refractivity contribution >= 4 is 28.2 Å². The first-order valence-corrected chi connectivity index (χ1v) is 8.71. The van der Waals surface area contributed by atoms with E-state index < -0.39 is 0 Å².